The number of methoxy groups -OCH3 is 5. The zero-order valence-corrected chi connectivity index (χ0v) is 19.0. The molecule has 8 heteroatoms. The highest BCUT2D eigenvalue weighted by atomic mass is 16.5. The second kappa shape index (κ2) is 13.2. The summed E-state index contributed by atoms with van der Waals surface area (Å²) in [6.07, 6.45) is 3.17. The smallest absolute Gasteiger partial charge is 0.186 e. The minimum Gasteiger partial charge on any atom is -0.498 e. The average Bonchev–Trinajstić information content (AvgIpc) is 2.77. The lowest BCUT2D eigenvalue weighted by Crippen LogP contribution is -2.32. The number of anilines is 1. The number of nitrogens with zero attached hydrogens (tertiary/aromatic N) is 1. The number of hydrogen-bond acceptors (Lipinski definition) is 8. The molecule has 0 aliphatic carbocycles. The van der Waals surface area contributed by atoms with Gasteiger partial charge in [-0.05, 0) is 25.5 Å². The van der Waals surface area contributed by atoms with Crippen molar-refractivity contribution in [2.24, 2.45) is 11.6 Å². The molecule has 0 bridgehead atoms. The topological polar surface area (TPSA) is 101 Å². The minimum absolute atomic E-state index is 0.448. The maximum absolute atomic E-state index is 6.37. The van der Waals surface area contributed by atoms with E-state index in [0.717, 1.165) is 5.57 Å². The zero-order chi connectivity index (χ0) is 22.6. The van der Waals surface area contributed by atoms with Crippen LogP contribution < -0.4 is 30.8 Å². The molecular weight excluding hydrogens is 374 g/mol. The number of nitrogens with two attached hydrogens (primary N) is 2. The van der Waals surface area contributed by atoms with Gasteiger partial charge in [0.25, 0.3) is 0 Å². The lowest BCUT2D eigenvalue weighted by molar-refractivity contribution is 0.232. The summed E-state index contributed by atoms with van der Waals surface area (Å²) < 4.78 is 26.8. The van der Waals surface area contributed by atoms with Crippen LogP contribution in [0.4, 0.5) is 5.69 Å². The van der Waals surface area contributed by atoms with Gasteiger partial charge in [-0.1, -0.05) is 13.8 Å². The molecule has 0 aliphatic rings. The molecule has 0 radical (unpaired) electrons. The summed E-state index contributed by atoms with van der Waals surface area (Å²) in [6, 6.07) is 3.43. The van der Waals surface area contributed by atoms with E-state index < -0.39 is 0 Å². The molecule has 1 aromatic carbocycles. The fourth-order valence-electron chi connectivity index (χ4n) is 2.42. The maximum Gasteiger partial charge on any atom is 0.186 e. The van der Waals surface area contributed by atoms with Gasteiger partial charge in [-0.25, -0.2) is 5.84 Å². The molecule has 0 spiro atoms. The van der Waals surface area contributed by atoms with Gasteiger partial charge in [-0.2, -0.15) is 0 Å². The summed E-state index contributed by atoms with van der Waals surface area (Å²) in [5.41, 5.74) is 7.65. The molecule has 0 aromatic heterocycles. The summed E-state index contributed by atoms with van der Waals surface area (Å²) in [6.45, 7) is 7.65. The zero-order valence-electron chi connectivity index (χ0n) is 19.0. The third-order valence-corrected chi connectivity index (χ3v) is 3.97. The lowest BCUT2D eigenvalue weighted by atomic mass is 10.1. The van der Waals surface area contributed by atoms with Crippen LogP contribution in [-0.4, -0.2) is 35.5 Å². The SMILES string of the molecule is CC.CO/C(C)=C(/C=C(C)/C(=C/N)N(N)c1cc(OC)cc(OC)c1OC)OC. The van der Waals surface area contributed by atoms with Crippen LogP contribution in [-0.2, 0) is 9.47 Å². The van der Waals surface area contributed by atoms with Crippen molar-refractivity contribution in [3.8, 4) is 17.2 Å². The van der Waals surface area contributed by atoms with Gasteiger partial charge in [0, 0.05) is 18.3 Å². The highest BCUT2D eigenvalue weighted by Gasteiger charge is 2.20. The fraction of sp³-hybridized carbons (Fsp3) is 0.429. The van der Waals surface area contributed by atoms with Crippen LogP contribution in [0.25, 0.3) is 0 Å². The van der Waals surface area contributed by atoms with Crippen LogP contribution in [0.15, 0.2) is 47.2 Å². The first-order chi connectivity index (χ1) is 13.9. The molecule has 0 heterocycles. The van der Waals surface area contributed by atoms with Crippen LogP contribution in [0, 0.1) is 0 Å². The molecule has 4 N–H and O–H groups in total. The Morgan fingerprint density at radius 2 is 1.55 bits per heavy atom. The van der Waals surface area contributed by atoms with Gasteiger partial charge in [0.05, 0.1) is 41.2 Å². The van der Waals surface area contributed by atoms with E-state index in [0.29, 0.717) is 40.2 Å². The van der Waals surface area contributed by atoms with E-state index in [4.69, 9.17) is 35.3 Å². The molecule has 0 atom stereocenters. The van der Waals surface area contributed by atoms with Crippen molar-refractivity contribution >= 4 is 5.69 Å². The molecule has 0 amide bonds. The second-order valence-electron chi connectivity index (χ2n) is 5.46. The predicted octanol–water partition coefficient (Wildman–Crippen LogP) is 3.69. The Morgan fingerprint density at radius 1 is 0.931 bits per heavy atom. The Hall–Kier alpha value is -3.00. The Bertz CT molecular complexity index is 742. The first-order valence-electron chi connectivity index (χ1n) is 9.12. The number of benzene rings is 1. The monoisotopic (exact) mass is 409 g/mol. The number of rotatable bonds is 9. The standard InChI is InChI=1S/C19H29N3O5.C2H6/c1-12(8-17(25-5)13(2)23-3)16(11-20)22(21)15-9-14(24-4)10-18(26-6)19(15)27-7;1-2/h8-11H,20-21H2,1-7H3;1-2H3/b12-8+,16-11-,17-13-;. The van der Waals surface area contributed by atoms with E-state index in [-0.39, 0.29) is 0 Å². The number of hydrazine groups is 1. The number of hydrogen-bond donors (Lipinski definition) is 2. The lowest BCUT2D eigenvalue weighted by Gasteiger charge is -2.25. The van der Waals surface area contributed by atoms with Gasteiger partial charge in [-0.15, -0.1) is 0 Å². The third kappa shape index (κ3) is 6.53. The van der Waals surface area contributed by atoms with Crippen molar-refractivity contribution in [2.45, 2.75) is 27.7 Å². The normalized spacial score (nSPS) is 12.2. The van der Waals surface area contributed by atoms with Crippen molar-refractivity contribution in [2.75, 3.05) is 40.6 Å². The fourth-order valence-corrected chi connectivity index (χ4v) is 2.42. The van der Waals surface area contributed by atoms with E-state index in [2.05, 4.69) is 0 Å². The van der Waals surface area contributed by atoms with E-state index in [1.54, 1.807) is 46.5 Å². The first-order valence-corrected chi connectivity index (χ1v) is 9.12. The highest BCUT2D eigenvalue weighted by molar-refractivity contribution is 5.70. The molecule has 0 saturated heterocycles. The largest absolute Gasteiger partial charge is 0.498 e. The molecule has 164 valence electrons. The Morgan fingerprint density at radius 3 is 1.97 bits per heavy atom. The molecule has 0 saturated carbocycles. The molecule has 1 aromatic rings. The van der Waals surface area contributed by atoms with Gasteiger partial charge in [0.2, 0.25) is 0 Å². The van der Waals surface area contributed by atoms with Crippen molar-refractivity contribution in [1.82, 2.24) is 0 Å². The van der Waals surface area contributed by atoms with Gasteiger partial charge >= 0.3 is 0 Å². The van der Waals surface area contributed by atoms with Gasteiger partial charge in [-0.3, -0.25) is 5.01 Å². The van der Waals surface area contributed by atoms with E-state index in [1.807, 2.05) is 20.8 Å². The molecule has 0 unspecified atom stereocenters. The summed E-state index contributed by atoms with van der Waals surface area (Å²) in [7, 11) is 7.75. The van der Waals surface area contributed by atoms with E-state index in [1.165, 1.54) is 25.4 Å². The van der Waals surface area contributed by atoms with Crippen LogP contribution in [0.2, 0.25) is 0 Å². The average molecular weight is 410 g/mol. The van der Waals surface area contributed by atoms with Gasteiger partial charge in [0.1, 0.15) is 17.2 Å². The quantitative estimate of drug-likeness (QED) is 0.276. The predicted molar refractivity (Wildman–Crippen MR) is 117 cm³/mol. The molecule has 29 heavy (non-hydrogen) atoms. The van der Waals surface area contributed by atoms with Crippen LogP contribution in [0.1, 0.15) is 27.7 Å². The maximum atomic E-state index is 6.37. The number of ether oxygens (including phenoxy) is 5. The van der Waals surface area contributed by atoms with Crippen molar-refractivity contribution in [3.63, 3.8) is 0 Å². The van der Waals surface area contributed by atoms with Crippen LogP contribution in [0.3, 0.4) is 0 Å². The van der Waals surface area contributed by atoms with Gasteiger partial charge < -0.3 is 29.4 Å². The molecular formula is C21H35N3O5. The molecule has 1 rings (SSSR count). The number of allylic oxidation sites excluding steroid dienone is 3. The summed E-state index contributed by atoms with van der Waals surface area (Å²) in [4.78, 5) is 0. The second-order valence-corrected chi connectivity index (χ2v) is 5.46. The summed E-state index contributed by atoms with van der Waals surface area (Å²) >= 11 is 0. The van der Waals surface area contributed by atoms with Crippen molar-refractivity contribution in [1.29, 1.82) is 0 Å². The van der Waals surface area contributed by atoms with Crippen molar-refractivity contribution in [3.05, 3.63) is 47.2 Å². The van der Waals surface area contributed by atoms with Crippen LogP contribution in [0.5, 0.6) is 17.2 Å². The molecule has 8 nitrogen and oxygen atoms in total. The van der Waals surface area contributed by atoms with Crippen molar-refractivity contribution < 1.29 is 23.7 Å². The van der Waals surface area contributed by atoms with E-state index >= 15 is 0 Å². The van der Waals surface area contributed by atoms with Crippen LogP contribution >= 0.6 is 0 Å². The highest BCUT2D eigenvalue weighted by Crippen LogP contribution is 2.42. The Balaban J connectivity index is 0.00000379. The summed E-state index contributed by atoms with van der Waals surface area (Å²) in [5.74, 6) is 9.03. The Labute approximate surface area is 174 Å². The molecule has 0 fully saturated rings. The third-order valence-electron chi connectivity index (χ3n) is 3.97. The first kappa shape index (κ1) is 26.0. The minimum atomic E-state index is 0.448. The van der Waals surface area contributed by atoms with E-state index in [9.17, 15) is 0 Å². The molecule has 0 aliphatic heterocycles. The summed E-state index contributed by atoms with van der Waals surface area (Å²) in [5, 5.41) is 1.39. The van der Waals surface area contributed by atoms with Gasteiger partial charge in [0.15, 0.2) is 17.3 Å². The Kier molecular flexibility index (Phi) is 11.9.